The Labute approximate surface area is 194 Å². The van der Waals surface area contributed by atoms with Gasteiger partial charge in [-0.15, -0.1) is 0 Å². The fourth-order valence-corrected chi connectivity index (χ4v) is 3.77. The van der Waals surface area contributed by atoms with E-state index in [-0.39, 0.29) is 17.1 Å². The van der Waals surface area contributed by atoms with E-state index in [1.54, 1.807) is 44.2 Å². The number of carbonyl (C=O) groups is 1. The Morgan fingerprint density at radius 2 is 1.88 bits per heavy atom. The molecular formula is C25H23F4NO4. The monoisotopic (exact) mass is 477 g/mol. The van der Waals surface area contributed by atoms with Crippen LogP contribution in [0.5, 0.6) is 11.5 Å². The van der Waals surface area contributed by atoms with Gasteiger partial charge in [-0.3, -0.25) is 4.79 Å². The summed E-state index contributed by atoms with van der Waals surface area (Å²) in [4.78, 5) is 12.8. The Bertz CT molecular complexity index is 1110. The van der Waals surface area contributed by atoms with Gasteiger partial charge in [0.1, 0.15) is 24.0 Å². The lowest BCUT2D eigenvalue weighted by atomic mass is 10.1. The van der Waals surface area contributed by atoms with Crippen LogP contribution in [0, 0.1) is 34.4 Å². The number of methoxy groups -OCH3 is 1. The van der Waals surface area contributed by atoms with E-state index in [9.17, 15) is 27.6 Å². The molecule has 3 atom stereocenters. The summed E-state index contributed by atoms with van der Waals surface area (Å²) in [6.07, 6.45) is -5.78. The predicted molar refractivity (Wildman–Crippen MR) is 114 cm³/mol. The number of rotatable bonds is 8. The zero-order chi connectivity index (χ0) is 25.1. The van der Waals surface area contributed by atoms with E-state index in [2.05, 4.69) is 0 Å². The van der Waals surface area contributed by atoms with Gasteiger partial charge in [-0.05, 0) is 35.8 Å². The number of nitrogens with zero attached hydrogens (tertiary/aromatic N) is 1. The van der Waals surface area contributed by atoms with Crippen LogP contribution in [0.2, 0.25) is 0 Å². The average molecular weight is 477 g/mol. The molecule has 0 bridgehead atoms. The molecule has 5 nitrogen and oxygen atoms in total. The smallest absolute Gasteiger partial charge is 0.396 e. The Balaban J connectivity index is 1.75. The number of hydrogen-bond acceptors (Lipinski definition) is 5. The van der Waals surface area contributed by atoms with Gasteiger partial charge in [0.25, 0.3) is 0 Å². The summed E-state index contributed by atoms with van der Waals surface area (Å²) in [6.45, 7) is 3.43. The number of esters is 1. The number of para-hydroxylation sites is 1. The summed E-state index contributed by atoms with van der Waals surface area (Å²) in [5, 5.41) is 9.57. The number of nitriles is 1. The van der Waals surface area contributed by atoms with Gasteiger partial charge in [0, 0.05) is 11.5 Å². The highest BCUT2D eigenvalue weighted by Crippen LogP contribution is 2.60. The highest BCUT2D eigenvalue weighted by atomic mass is 19.4. The summed E-state index contributed by atoms with van der Waals surface area (Å²) in [7, 11) is 1.13. The van der Waals surface area contributed by atoms with Crippen LogP contribution in [0.4, 0.5) is 17.6 Å². The van der Waals surface area contributed by atoms with Crippen molar-refractivity contribution in [3.63, 3.8) is 0 Å². The summed E-state index contributed by atoms with van der Waals surface area (Å²) in [5.41, 5.74) is -0.486. The maximum Gasteiger partial charge on any atom is 0.396 e. The molecule has 3 rings (SSSR count). The molecule has 2 aromatic rings. The first kappa shape index (κ1) is 25.1. The first-order valence-corrected chi connectivity index (χ1v) is 10.4. The third-order valence-electron chi connectivity index (χ3n) is 5.75. The van der Waals surface area contributed by atoms with Gasteiger partial charge in [0.05, 0.1) is 13.0 Å². The van der Waals surface area contributed by atoms with Crippen molar-refractivity contribution in [1.29, 1.82) is 5.26 Å². The van der Waals surface area contributed by atoms with Crippen LogP contribution in [0.25, 0.3) is 0 Å². The number of alkyl halides is 3. The van der Waals surface area contributed by atoms with Gasteiger partial charge in [0.15, 0.2) is 11.6 Å². The standard InChI is InChI=1S/C25H23F4NO4/c1-24(2)18(12-17(32-3)13-25(27,28)29)22(24)23(31)34-21(14-30)15-9-10-19(26)20(11-15)33-16-7-5-4-6-8-16/h4-12,18,21-22H,13H2,1-3H3. The fourth-order valence-electron chi connectivity index (χ4n) is 3.77. The van der Waals surface area contributed by atoms with E-state index in [4.69, 9.17) is 14.2 Å². The maximum atomic E-state index is 14.2. The molecule has 0 amide bonds. The lowest BCUT2D eigenvalue weighted by molar-refractivity contribution is -0.149. The fraction of sp³-hybridized carbons (Fsp3) is 0.360. The van der Waals surface area contributed by atoms with Crippen molar-refractivity contribution < 1.29 is 36.6 Å². The van der Waals surface area contributed by atoms with Gasteiger partial charge in [0.2, 0.25) is 6.10 Å². The summed E-state index contributed by atoms with van der Waals surface area (Å²) in [6, 6.07) is 14.0. The Morgan fingerprint density at radius 1 is 1.21 bits per heavy atom. The highest BCUT2D eigenvalue weighted by Gasteiger charge is 2.62. The number of benzene rings is 2. The number of ether oxygens (including phenoxy) is 3. The third kappa shape index (κ3) is 5.87. The van der Waals surface area contributed by atoms with Crippen LogP contribution >= 0.6 is 0 Å². The van der Waals surface area contributed by atoms with Crippen LogP contribution in [-0.4, -0.2) is 19.3 Å². The molecule has 1 aliphatic carbocycles. The normalized spacial score (nSPS) is 20.1. The van der Waals surface area contributed by atoms with E-state index >= 15 is 0 Å². The Hall–Kier alpha value is -3.54. The topological polar surface area (TPSA) is 68.5 Å². The highest BCUT2D eigenvalue weighted by molar-refractivity contribution is 5.78. The van der Waals surface area contributed by atoms with Crippen LogP contribution in [-0.2, 0) is 14.3 Å². The Kier molecular flexibility index (Phi) is 7.20. The quantitative estimate of drug-likeness (QED) is 0.247. The zero-order valence-electron chi connectivity index (χ0n) is 18.7. The molecule has 9 heteroatoms. The van der Waals surface area contributed by atoms with Crippen LogP contribution in [0.3, 0.4) is 0 Å². The molecule has 0 aromatic heterocycles. The first-order chi connectivity index (χ1) is 16.0. The molecule has 34 heavy (non-hydrogen) atoms. The van der Waals surface area contributed by atoms with Crippen molar-refractivity contribution in [2.24, 2.45) is 17.3 Å². The Morgan fingerprint density at radius 3 is 2.47 bits per heavy atom. The number of allylic oxidation sites excluding steroid dienone is 2. The average Bonchev–Trinajstić information content (AvgIpc) is 3.32. The SMILES string of the molecule is COC(=CC1C(C(=O)OC(C#N)c2ccc(F)c(Oc3ccccc3)c2)C1(C)C)CC(F)(F)F. The maximum absolute atomic E-state index is 14.2. The third-order valence-corrected chi connectivity index (χ3v) is 5.75. The van der Waals surface area contributed by atoms with Crippen molar-refractivity contribution >= 4 is 5.97 Å². The number of halogens is 4. The van der Waals surface area contributed by atoms with Gasteiger partial charge in [-0.1, -0.05) is 38.1 Å². The second-order valence-electron chi connectivity index (χ2n) is 8.50. The second kappa shape index (κ2) is 9.75. The molecule has 1 fully saturated rings. The predicted octanol–water partition coefficient (Wildman–Crippen LogP) is 6.48. The molecule has 1 saturated carbocycles. The summed E-state index contributed by atoms with van der Waals surface area (Å²) < 4.78 is 68.1. The summed E-state index contributed by atoms with van der Waals surface area (Å²) >= 11 is 0. The lowest BCUT2D eigenvalue weighted by Gasteiger charge is -2.14. The van der Waals surface area contributed by atoms with Crippen LogP contribution < -0.4 is 4.74 Å². The zero-order valence-corrected chi connectivity index (χ0v) is 18.7. The van der Waals surface area contributed by atoms with E-state index < -0.39 is 47.7 Å². The first-order valence-electron chi connectivity index (χ1n) is 10.4. The van der Waals surface area contributed by atoms with E-state index in [1.807, 2.05) is 6.07 Å². The second-order valence-corrected chi connectivity index (χ2v) is 8.50. The van der Waals surface area contributed by atoms with E-state index in [0.717, 1.165) is 13.2 Å². The minimum Gasteiger partial charge on any atom is -0.501 e. The van der Waals surface area contributed by atoms with E-state index in [1.165, 1.54) is 18.2 Å². The van der Waals surface area contributed by atoms with Crippen LogP contribution in [0.15, 0.2) is 60.4 Å². The van der Waals surface area contributed by atoms with Gasteiger partial charge in [-0.25, -0.2) is 4.39 Å². The molecular weight excluding hydrogens is 454 g/mol. The van der Waals surface area contributed by atoms with Crippen molar-refractivity contribution in [2.75, 3.05) is 7.11 Å². The largest absolute Gasteiger partial charge is 0.501 e. The minimum absolute atomic E-state index is 0.149. The number of hydrogen-bond donors (Lipinski definition) is 0. The summed E-state index contributed by atoms with van der Waals surface area (Å²) in [5.74, 6) is -2.78. The molecule has 1 aliphatic rings. The number of carbonyl (C=O) groups excluding carboxylic acids is 1. The molecule has 0 radical (unpaired) electrons. The lowest BCUT2D eigenvalue weighted by Crippen LogP contribution is -2.15. The van der Waals surface area contributed by atoms with Gasteiger partial charge < -0.3 is 14.2 Å². The van der Waals surface area contributed by atoms with Crippen molar-refractivity contribution in [2.45, 2.75) is 32.5 Å². The molecule has 0 spiro atoms. The molecule has 2 aromatic carbocycles. The molecule has 0 saturated heterocycles. The van der Waals surface area contributed by atoms with Crippen molar-refractivity contribution in [3.8, 4) is 17.6 Å². The molecule has 180 valence electrons. The molecule has 3 unspecified atom stereocenters. The molecule has 0 N–H and O–H groups in total. The van der Waals surface area contributed by atoms with Crippen LogP contribution in [0.1, 0.15) is 31.9 Å². The van der Waals surface area contributed by atoms with Gasteiger partial charge >= 0.3 is 12.1 Å². The van der Waals surface area contributed by atoms with Crippen molar-refractivity contribution in [3.05, 3.63) is 71.7 Å². The van der Waals surface area contributed by atoms with E-state index in [0.29, 0.717) is 5.75 Å². The minimum atomic E-state index is -4.45. The molecule has 0 heterocycles. The molecule has 0 aliphatic heterocycles. The van der Waals surface area contributed by atoms with Gasteiger partial charge in [-0.2, -0.15) is 18.4 Å². The van der Waals surface area contributed by atoms with Crippen molar-refractivity contribution in [1.82, 2.24) is 0 Å².